The van der Waals surface area contributed by atoms with Crippen LogP contribution in [0.25, 0.3) is 0 Å². The number of nitriles is 2. The fourth-order valence-corrected chi connectivity index (χ4v) is 7.29. The van der Waals surface area contributed by atoms with Gasteiger partial charge in [-0.1, -0.05) is 12.1 Å². The van der Waals surface area contributed by atoms with Crippen LogP contribution in [0.2, 0.25) is 0 Å². The van der Waals surface area contributed by atoms with E-state index in [4.69, 9.17) is 15.3 Å². The van der Waals surface area contributed by atoms with E-state index < -0.39 is 23.5 Å². The monoisotopic (exact) mass is 896 g/mol. The van der Waals surface area contributed by atoms with E-state index in [1.165, 1.54) is 24.4 Å². The zero-order valence-electron chi connectivity index (χ0n) is 29.4. The summed E-state index contributed by atoms with van der Waals surface area (Å²) in [6.45, 7) is 0. The number of ether oxygens (including phenoxy) is 1. The Bertz CT molecular complexity index is 1930. The van der Waals surface area contributed by atoms with Crippen LogP contribution in [0.5, 0.6) is 5.75 Å². The van der Waals surface area contributed by atoms with Gasteiger partial charge >= 0.3 is 12.4 Å². The van der Waals surface area contributed by atoms with Crippen molar-refractivity contribution in [3.8, 4) is 17.9 Å². The van der Waals surface area contributed by atoms with Crippen molar-refractivity contribution < 1.29 is 40.6 Å². The number of rotatable bonds is 6. The second-order valence-corrected chi connectivity index (χ2v) is 15.3. The minimum Gasteiger partial charge on any atom is -0.489 e. The van der Waals surface area contributed by atoms with E-state index >= 15 is 0 Å². The SMILES string of the molecule is Fc1cncc(Br)c1.N#Cc1ccc(CC2CCC(O)CC2)cc1C(F)(F)F.N#Cc1ccc(CC2CCC(Oc3cncc(Br)c3)CC2)cc1C(F)(F)F. The number of alkyl halides is 6. The number of pyridine rings is 2. The van der Waals surface area contributed by atoms with E-state index in [0.717, 1.165) is 67.1 Å². The molecular weight excluding hydrogens is 861 g/mol. The van der Waals surface area contributed by atoms with Gasteiger partial charge in [-0.25, -0.2) is 4.39 Å². The molecule has 4 aromatic rings. The smallest absolute Gasteiger partial charge is 0.417 e. The number of aliphatic hydroxyl groups is 1. The average Bonchev–Trinajstić information content (AvgIpc) is 3.13. The Labute approximate surface area is 331 Å². The normalized spacial score (nSPS) is 19.7. The van der Waals surface area contributed by atoms with Gasteiger partial charge in [0.2, 0.25) is 0 Å². The topological polar surface area (TPSA) is 103 Å². The molecule has 2 fully saturated rings. The van der Waals surface area contributed by atoms with Crippen molar-refractivity contribution in [1.82, 2.24) is 9.97 Å². The van der Waals surface area contributed by atoms with Gasteiger partial charge in [-0.3, -0.25) is 9.97 Å². The molecule has 0 atom stereocenters. The Balaban J connectivity index is 0.000000209. The maximum Gasteiger partial charge on any atom is 0.417 e. The molecule has 0 unspecified atom stereocenters. The molecule has 2 heterocycles. The molecule has 2 aromatic heterocycles. The highest BCUT2D eigenvalue weighted by molar-refractivity contribution is 9.10. The number of aliphatic hydroxyl groups excluding tert-OH is 1. The van der Waals surface area contributed by atoms with E-state index in [2.05, 4.69) is 41.8 Å². The molecule has 292 valence electrons. The van der Waals surface area contributed by atoms with Gasteiger partial charge in [0.1, 0.15) is 11.6 Å². The average molecular weight is 899 g/mol. The van der Waals surface area contributed by atoms with Gasteiger partial charge in [0.05, 0.1) is 59.0 Å². The van der Waals surface area contributed by atoms with E-state index in [0.29, 0.717) is 53.1 Å². The van der Waals surface area contributed by atoms with E-state index in [9.17, 15) is 35.8 Å². The van der Waals surface area contributed by atoms with Crippen molar-refractivity contribution in [3.05, 3.63) is 121 Å². The summed E-state index contributed by atoms with van der Waals surface area (Å²) in [5.74, 6) is 1.03. The summed E-state index contributed by atoms with van der Waals surface area (Å²) < 4.78 is 97.4. The summed E-state index contributed by atoms with van der Waals surface area (Å²) in [4.78, 5) is 7.64. The van der Waals surface area contributed by atoms with Crippen LogP contribution in [0.15, 0.2) is 82.3 Å². The largest absolute Gasteiger partial charge is 0.489 e. The molecule has 2 saturated carbocycles. The Hall–Kier alpha value is -4.05. The van der Waals surface area contributed by atoms with Crippen LogP contribution in [-0.4, -0.2) is 27.3 Å². The van der Waals surface area contributed by atoms with E-state index in [1.54, 1.807) is 36.7 Å². The van der Waals surface area contributed by atoms with Crippen LogP contribution in [0.1, 0.15) is 84.7 Å². The van der Waals surface area contributed by atoms with Gasteiger partial charge in [0, 0.05) is 21.3 Å². The fraction of sp³-hybridized carbons (Fsp3) is 0.400. The van der Waals surface area contributed by atoms with Gasteiger partial charge in [0.25, 0.3) is 0 Å². The lowest BCUT2D eigenvalue weighted by molar-refractivity contribution is -0.138. The van der Waals surface area contributed by atoms with Gasteiger partial charge in [-0.2, -0.15) is 36.9 Å². The highest BCUT2D eigenvalue weighted by Crippen LogP contribution is 2.36. The maximum absolute atomic E-state index is 13.1. The zero-order chi connectivity index (χ0) is 40.2. The van der Waals surface area contributed by atoms with Crippen LogP contribution >= 0.6 is 31.9 Å². The zero-order valence-corrected chi connectivity index (χ0v) is 32.5. The highest BCUT2D eigenvalue weighted by atomic mass is 79.9. The van der Waals surface area contributed by atoms with Crippen molar-refractivity contribution in [1.29, 1.82) is 10.5 Å². The summed E-state index contributed by atoms with van der Waals surface area (Å²) in [6.07, 6.45) is 4.65. The molecule has 6 rings (SSSR count). The minimum absolute atomic E-state index is 0.101. The van der Waals surface area contributed by atoms with Crippen LogP contribution in [0, 0.1) is 40.3 Å². The molecule has 0 bridgehead atoms. The molecule has 2 aromatic carbocycles. The Morgan fingerprint density at radius 2 is 1.11 bits per heavy atom. The van der Waals surface area contributed by atoms with E-state index in [1.807, 2.05) is 6.07 Å². The number of benzene rings is 2. The second-order valence-electron chi connectivity index (χ2n) is 13.5. The molecular formula is C40H37Br2F7N4O2. The number of hydrogen-bond acceptors (Lipinski definition) is 6. The molecule has 0 spiro atoms. The number of hydrogen-bond donors (Lipinski definition) is 1. The molecule has 55 heavy (non-hydrogen) atoms. The summed E-state index contributed by atoms with van der Waals surface area (Å²) >= 11 is 6.42. The highest BCUT2D eigenvalue weighted by Gasteiger charge is 2.35. The Morgan fingerprint density at radius 3 is 1.51 bits per heavy atom. The minimum atomic E-state index is -4.51. The Morgan fingerprint density at radius 1 is 0.655 bits per heavy atom. The molecule has 15 heteroatoms. The third-order valence-corrected chi connectivity index (χ3v) is 10.2. The van der Waals surface area contributed by atoms with Crippen molar-refractivity contribution in [2.24, 2.45) is 11.8 Å². The fourth-order valence-electron chi connectivity index (χ4n) is 6.61. The number of nitrogens with zero attached hydrogens (tertiary/aromatic N) is 4. The molecule has 0 aliphatic heterocycles. The predicted molar refractivity (Wildman–Crippen MR) is 198 cm³/mol. The maximum atomic E-state index is 13.1. The quantitative estimate of drug-likeness (QED) is 0.193. The standard InChI is InChI=1S/C20H18BrF3N2O.C15H16F3NO.C5H3BrFN/c21-16-9-18(12-26-11-16)27-17-5-2-13(3-6-17)7-14-1-4-15(10-25)19(8-14)20(22,23)24;16-15(17,18)14-8-11(1-4-12(14)9-19)7-10-2-5-13(20)6-3-10;6-4-1-5(7)3-8-2-4/h1,4,8-9,11-13,17H,2-3,5-7H2;1,4,8,10,13,20H,2-3,5-7H2;1-3H. The van der Waals surface area contributed by atoms with Crippen molar-refractivity contribution in [2.75, 3.05) is 0 Å². The molecule has 1 N–H and O–H groups in total. The first kappa shape index (κ1) is 43.7. The molecule has 0 radical (unpaired) electrons. The summed E-state index contributed by atoms with van der Waals surface area (Å²) in [5.41, 5.74) is -1.12. The van der Waals surface area contributed by atoms with Gasteiger partial charge < -0.3 is 9.84 Å². The molecule has 0 amide bonds. The van der Waals surface area contributed by atoms with Crippen LogP contribution in [-0.2, 0) is 25.2 Å². The van der Waals surface area contributed by atoms with Crippen LogP contribution in [0.4, 0.5) is 30.7 Å². The first-order chi connectivity index (χ1) is 26.0. The van der Waals surface area contributed by atoms with Crippen LogP contribution in [0.3, 0.4) is 0 Å². The molecule has 6 nitrogen and oxygen atoms in total. The van der Waals surface area contributed by atoms with E-state index in [-0.39, 0.29) is 29.2 Å². The van der Waals surface area contributed by atoms with Crippen molar-refractivity contribution >= 4 is 31.9 Å². The predicted octanol–water partition coefficient (Wildman–Crippen LogP) is 11.6. The third-order valence-electron chi connectivity index (χ3n) is 9.33. The summed E-state index contributed by atoms with van der Waals surface area (Å²) in [7, 11) is 0. The summed E-state index contributed by atoms with van der Waals surface area (Å²) in [5, 5.41) is 27.1. The summed E-state index contributed by atoms with van der Waals surface area (Å²) in [6, 6.07) is 14.4. The van der Waals surface area contributed by atoms with Gasteiger partial charge in [-0.05, 0) is 155 Å². The molecule has 0 saturated heterocycles. The van der Waals surface area contributed by atoms with Gasteiger partial charge in [0.15, 0.2) is 0 Å². The molecule has 2 aliphatic carbocycles. The first-order valence-electron chi connectivity index (χ1n) is 17.5. The lowest BCUT2D eigenvalue weighted by Crippen LogP contribution is -2.25. The number of aromatic nitrogens is 2. The Kier molecular flexibility index (Phi) is 16.1. The lowest BCUT2D eigenvalue weighted by atomic mass is 9.83. The lowest BCUT2D eigenvalue weighted by Gasteiger charge is -2.29. The van der Waals surface area contributed by atoms with Crippen molar-refractivity contribution in [3.63, 3.8) is 0 Å². The number of halogens is 9. The van der Waals surface area contributed by atoms with Gasteiger partial charge in [-0.15, -0.1) is 0 Å². The van der Waals surface area contributed by atoms with Crippen molar-refractivity contribution in [2.45, 2.75) is 88.8 Å². The van der Waals surface area contributed by atoms with Crippen LogP contribution < -0.4 is 4.74 Å². The third kappa shape index (κ3) is 14.2. The second kappa shape index (κ2) is 20.2. The molecule has 2 aliphatic rings. The first-order valence-corrected chi connectivity index (χ1v) is 19.0.